The van der Waals surface area contributed by atoms with Gasteiger partial charge in [-0.15, -0.1) is 24.8 Å². The highest BCUT2D eigenvalue weighted by molar-refractivity contribution is 6.30. The first kappa shape index (κ1) is 14.4. The first-order valence-electron chi connectivity index (χ1n) is 2.73. The lowest BCUT2D eigenvalue weighted by Gasteiger charge is -1.95. The van der Waals surface area contributed by atoms with E-state index in [-0.39, 0.29) is 24.8 Å². The number of nitrogens with two attached hydrogens (primary N) is 1. The Kier molecular flexibility index (Phi) is 9.02. The number of nitrogens with one attached hydrogen (secondary N) is 1. The summed E-state index contributed by atoms with van der Waals surface area (Å²) in [6.07, 6.45) is 3.06. The Morgan fingerprint density at radius 1 is 1.33 bits per heavy atom. The van der Waals surface area contributed by atoms with E-state index in [1.54, 1.807) is 0 Å². The summed E-state index contributed by atoms with van der Waals surface area (Å²) in [7, 11) is 0. The number of hydrazine groups is 1. The van der Waals surface area contributed by atoms with Gasteiger partial charge in [-0.05, 0) is 0 Å². The Hall–Kier alpha value is -0.130. The largest absolute Gasteiger partial charge is 0.271 e. The summed E-state index contributed by atoms with van der Waals surface area (Å²) in [5.74, 6) is 5.67. The van der Waals surface area contributed by atoms with Crippen LogP contribution in [0, 0.1) is 0 Å². The lowest BCUT2D eigenvalue weighted by molar-refractivity contribution is 0.700. The fourth-order valence-electron chi connectivity index (χ4n) is 0.522. The van der Waals surface area contributed by atoms with Crippen molar-refractivity contribution in [2.24, 2.45) is 5.84 Å². The average Bonchev–Trinajstić information content (AvgIpc) is 1.95. The fraction of sp³-hybridized carbons (Fsp3) is 0.200. The van der Waals surface area contributed by atoms with Crippen molar-refractivity contribution >= 4 is 36.4 Å². The number of rotatable bonds is 2. The molecule has 0 saturated carbocycles. The third-order valence-electron chi connectivity index (χ3n) is 0.934. The van der Waals surface area contributed by atoms with Crippen LogP contribution >= 0.6 is 36.4 Å². The van der Waals surface area contributed by atoms with Gasteiger partial charge in [-0.3, -0.25) is 11.3 Å². The molecule has 0 amide bonds. The normalized spacial score (nSPS) is 8.17. The van der Waals surface area contributed by atoms with Crippen molar-refractivity contribution in [1.82, 2.24) is 15.4 Å². The van der Waals surface area contributed by atoms with E-state index in [4.69, 9.17) is 17.4 Å². The highest BCUT2D eigenvalue weighted by Gasteiger charge is 1.92. The summed E-state index contributed by atoms with van der Waals surface area (Å²) in [5.41, 5.74) is 2.44. The van der Waals surface area contributed by atoms with Gasteiger partial charge in [0.15, 0.2) is 0 Å². The molecule has 70 valence electrons. The van der Waals surface area contributed by atoms with Crippen LogP contribution < -0.4 is 11.3 Å². The maximum absolute atomic E-state index is 5.54. The molecule has 0 aliphatic carbocycles. The van der Waals surface area contributed by atoms with Gasteiger partial charge in [0.05, 0.1) is 11.6 Å². The van der Waals surface area contributed by atoms with Crippen molar-refractivity contribution in [2.75, 3.05) is 0 Å². The standard InChI is InChI=1S/C5H7ClN4.2ClH/c6-4-1-8-5(3-10-7)9-2-4;;/h1-2,10H,3,7H2;2*1H. The predicted molar refractivity (Wildman–Crippen MR) is 52.6 cm³/mol. The monoisotopic (exact) mass is 230 g/mol. The van der Waals surface area contributed by atoms with Crippen molar-refractivity contribution in [2.45, 2.75) is 6.54 Å². The van der Waals surface area contributed by atoms with E-state index in [1.165, 1.54) is 12.4 Å². The van der Waals surface area contributed by atoms with Gasteiger partial charge in [0.2, 0.25) is 0 Å². The summed E-state index contributed by atoms with van der Waals surface area (Å²) < 4.78 is 0. The molecule has 0 aliphatic heterocycles. The number of halogens is 3. The van der Waals surface area contributed by atoms with Crippen molar-refractivity contribution < 1.29 is 0 Å². The lowest BCUT2D eigenvalue weighted by atomic mass is 10.5. The Morgan fingerprint density at radius 2 is 1.83 bits per heavy atom. The van der Waals surface area contributed by atoms with Gasteiger partial charge in [-0.1, -0.05) is 11.6 Å². The molecule has 0 unspecified atom stereocenters. The van der Waals surface area contributed by atoms with Crippen LogP contribution in [0.15, 0.2) is 12.4 Å². The summed E-state index contributed by atoms with van der Waals surface area (Å²) in [6.45, 7) is 0.456. The van der Waals surface area contributed by atoms with Crippen LogP contribution in [-0.2, 0) is 6.54 Å². The summed E-state index contributed by atoms with van der Waals surface area (Å²) in [6, 6.07) is 0. The van der Waals surface area contributed by atoms with Gasteiger partial charge in [-0.25, -0.2) is 9.97 Å². The Labute approximate surface area is 87.7 Å². The van der Waals surface area contributed by atoms with Crippen molar-refractivity contribution in [3.63, 3.8) is 0 Å². The van der Waals surface area contributed by atoms with Crippen molar-refractivity contribution in [3.8, 4) is 0 Å². The van der Waals surface area contributed by atoms with Gasteiger partial charge in [0.1, 0.15) is 5.82 Å². The van der Waals surface area contributed by atoms with E-state index >= 15 is 0 Å². The molecule has 0 radical (unpaired) electrons. The first-order valence-corrected chi connectivity index (χ1v) is 3.10. The van der Waals surface area contributed by atoms with Crippen molar-refractivity contribution in [1.29, 1.82) is 0 Å². The highest BCUT2D eigenvalue weighted by Crippen LogP contribution is 2.01. The van der Waals surface area contributed by atoms with Gasteiger partial charge in [-0.2, -0.15) is 0 Å². The zero-order chi connectivity index (χ0) is 7.40. The molecule has 12 heavy (non-hydrogen) atoms. The van der Waals surface area contributed by atoms with Crippen LogP contribution in [0.2, 0.25) is 5.02 Å². The minimum Gasteiger partial charge on any atom is -0.271 e. The van der Waals surface area contributed by atoms with E-state index < -0.39 is 0 Å². The van der Waals surface area contributed by atoms with Gasteiger partial charge in [0.25, 0.3) is 0 Å². The summed E-state index contributed by atoms with van der Waals surface area (Å²) in [5, 5.41) is 0.528. The van der Waals surface area contributed by atoms with Crippen LogP contribution in [0.25, 0.3) is 0 Å². The lowest BCUT2D eigenvalue weighted by Crippen LogP contribution is -2.22. The maximum atomic E-state index is 5.54. The van der Waals surface area contributed by atoms with Crippen LogP contribution in [0.5, 0.6) is 0 Å². The molecule has 0 aromatic carbocycles. The quantitative estimate of drug-likeness (QED) is 0.587. The molecular formula is C5H9Cl3N4. The van der Waals surface area contributed by atoms with Gasteiger partial charge in [0, 0.05) is 12.4 Å². The average molecular weight is 232 g/mol. The maximum Gasteiger partial charge on any atom is 0.143 e. The molecule has 0 bridgehead atoms. The second-order valence-electron chi connectivity index (χ2n) is 1.70. The summed E-state index contributed by atoms with van der Waals surface area (Å²) in [4.78, 5) is 7.76. The molecular weight excluding hydrogens is 222 g/mol. The minimum atomic E-state index is 0. The number of aromatic nitrogens is 2. The van der Waals surface area contributed by atoms with Gasteiger partial charge < -0.3 is 0 Å². The molecule has 1 heterocycles. The fourth-order valence-corrected chi connectivity index (χ4v) is 0.619. The Balaban J connectivity index is 0. The number of hydrogen-bond acceptors (Lipinski definition) is 4. The topological polar surface area (TPSA) is 63.8 Å². The SMILES string of the molecule is Cl.Cl.NNCc1ncc(Cl)cn1. The molecule has 1 aromatic rings. The second-order valence-corrected chi connectivity index (χ2v) is 2.13. The molecule has 0 spiro atoms. The van der Waals surface area contributed by atoms with Crippen LogP contribution in [0.4, 0.5) is 0 Å². The van der Waals surface area contributed by atoms with Gasteiger partial charge >= 0.3 is 0 Å². The molecule has 0 aliphatic rings. The minimum absolute atomic E-state index is 0. The number of nitrogens with zero attached hydrogens (tertiary/aromatic N) is 2. The van der Waals surface area contributed by atoms with E-state index in [1.807, 2.05) is 0 Å². The first-order chi connectivity index (χ1) is 4.83. The highest BCUT2D eigenvalue weighted by atomic mass is 35.5. The van der Waals surface area contributed by atoms with E-state index in [2.05, 4.69) is 15.4 Å². The van der Waals surface area contributed by atoms with Crippen LogP contribution in [0.3, 0.4) is 0 Å². The van der Waals surface area contributed by atoms with E-state index in [9.17, 15) is 0 Å². The second kappa shape index (κ2) is 7.52. The molecule has 4 nitrogen and oxygen atoms in total. The molecule has 3 N–H and O–H groups in total. The smallest absolute Gasteiger partial charge is 0.143 e. The van der Waals surface area contributed by atoms with E-state index in [0.717, 1.165) is 0 Å². The molecule has 0 atom stereocenters. The third-order valence-corrected chi connectivity index (χ3v) is 1.13. The zero-order valence-electron chi connectivity index (χ0n) is 6.03. The van der Waals surface area contributed by atoms with Crippen LogP contribution in [0.1, 0.15) is 5.82 Å². The Bertz CT molecular complexity index is 202. The molecule has 0 saturated heterocycles. The van der Waals surface area contributed by atoms with E-state index in [0.29, 0.717) is 17.4 Å². The van der Waals surface area contributed by atoms with Crippen molar-refractivity contribution in [3.05, 3.63) is 23.2 Å². The van der Waals surface area contributed by atoms with Crippen LogP contribution in [-0.4, -0.2) is 9.97 Å². The molecule has 0 fully saturated rings. The third kappa shape index (κ3) is 4.69. The molecule has 7 heteroatoms. The molecule has 1 rings (SSSR count). The summed E-state index contributed by atoms with van der Waals surface area (Å²) >= 11 is 5.54. The zero-order valence-corrected chi connectivity index (χ0v) is 8.42. The number of hydrogen-bond donors (Lipinski definition) is 2. The molecule has 1 aromatic heterocycles. The predicted octanol–water partition coefficient (Wildman–Crippen LogP) is 0.937. The Morgan fingerprint density at radius 3 is 2.25 bits per heavy atom.